The summed E-state index contributed by atoms with van der Waals surface area (Å²) in [6.45, 7) is 4.36. The van der Waals surface area contributed by atoms with E-state index in [1.807, 2.05) is 0 Å². The first kappa shape index (κ1) is 14.1. The molecular formula is C14H21F2N. The second kappa shape index (κ2) is 6.70. The average Bonchev–Trinajstić information content (AvgIpc) is 2.23. The van der Waals surface area contributed by atoms with Crippen molar-refractivity contribution in [2.24, 2.45) is 11.7 Å². The van der Waals surface area contributed by atoms with Gasteiger partial charge in [0, 0.05) is 6.04 Å². The summed E-state index contributed by atoms with van der Waals surface area (Å²) in [5.74, 6) is -0.913. The highest BCUT2D eigenvalue weighted by atomic mass is 19.2. The maximum absolute atomic E-state index is 13.0. The van der Waals surface area contributed by atoms with Crippen molar-refractivity contribution in [3.8, 4) is 0 Å². The van der Waals surface area contributed by atoms with Crippen molar-refractivity contribution in [2.45, 2.75) is 45.6 Å². The Balaban J connectivity index is 2.39. The zero-order valence-electron chi connectivity index (χ0n) is 10.5. The van der Waals surface area contributed by atoms with E-state index in [1.54, 1.807) is 6.07 Å². The van der Waals surface area contributed by atoms with Crippen molar-refractivity contribution < 1.29 is 8.78 Å². The van der Waals surface area contributed by atoms with Gasteiger partial charge in [-0.1, -0.05) is 32.8 Å². The predicted molar refractivity (Wildman–Crippen MR) is 66.7 cm³/mol. The molecule has 0 amide bonds. The molecule has 1 rings (SSSR count). The number of hydrogen-bond donors (Lipinski definition) is 1. The Morgan fingerprint density at radius 2 is 1.82 bits per heavy atom. The Labute approximate surface area is 102 Å². The topological polar surface area (TPSA) is 26.0 Å². The number of benzene rings is 1. The normalized spacial score (nSPS) is 13.1. The summed E-state index contributed by atoms with van der Waals surface area (Å²) in [6, 6.07) is 4.02. The van der Waals surface area contributed by atoms with Crippen molar-refractivity contribution in [3.05, 3.63) is 35.4 Å². The molecule has 0 aliphatic rings. The van der Waals surface area contributed by atoms with Gasteiger partial charge in [0.25, 0.3) is 0 Å². The second-order valence-electron chi connectivity index (χ2n) is 5.04. The molecule has 0 saturated heterocycles. The van der Waals surface area contributed by atoms with E-state index in [4.69, 9.17) is 5.73 Å². The lowest BCUT2D eigenvalue weighted by molar-refractivity contribution is 0.490. The number of hydrogen-bond acceptors (Lipinski definition) is 1. The molecule has 0 spiro atoms. The highest BCUT2D eigenvalue weighted by molar-refractivity contribution is 5.18. The smallest absolute Gasteiger partial charge is 0.159 e. The van der Waals surface area contributed by atoms with Crippen molar-refractivity contribution in [1.29, 1.82) is 0 Å². The van der Waals surface area contributed by atoms with Gasteiger partial charge in [0.1, 0.15) is 0 Å². The van der Waals surface area contributed by atoms with Crippen LogP contribution in [0, 0.1) is 17.6 Å². The Morgan fingerprint density at radius 1 is 1.12 bits per heavy atom. The van der Waals surface area contributed by atoms with Crippen LogP contribution in [0.2, 0.25) is 0 Å². The van der Waals surface area contributed by atoms with Gasteiger partial charge in [-0.2, -0.15) is 0 Å². The molecule has 2 N–H and O–H groups in total. The Morgan fingerprint density at radius 3 is 2.41 bits per heavy atom. The molecule has 0 bridgehead atoms. The lowest BCUT2D eigenvalue weighted by Crippen LogP contribution is -2.22. The minimum absolute atomic E-state index is 0.0265. The highest BCUT2D eigenvalue weighted by Gasteiger charge is 2.07. The van der Waals surface area contributed by atoms with Gasteiger partial charge >= 0.3 is 0 Å². The SMILES string of the molecule is CC(C)CCCC(N)Cc1ccc(F)c(F)c1. The number of nitrogens with two attached hydrogens (primary N) is 1. The molecule has 17 heavy (non-hydrogen) atoms. The standard InChI is InChI=1S/C14H21F2N/c1-10(2)4-3-5-12(17)8-11-6-7-13(15)14(16)9-11/h6-7,9-10,12H,3-5,8,17H2,1-2H3. The molecule has 1 aromatic carbocycles. The van der Waals surface area contributed by atoms with Gasteiger partial charge in [-0.05, 0) is 36.5 Å². The van der Waals surface area contributed by atoms with Crippen molar-refractivity contribution in [1.82, 2.24) is 0 Å². The monoisotopic (exact) mass is 241 g/mol. The van der Waals surface area contributed by atoms with Gasteiger partial charge in [-0.3, -0.25) is 0 Å². The van der Waals surface area contributed by atoms with E-state index in [1.165, 1.54) is 6.07 Å². The van der Waals surface area contributed by atoms with E-state index in [0.717, 1.165) is 30.9 Å². The molecule has 0 radical (unpaired) electrons. The third kappa shape index (κ3) is 5.26. The molecule has 0 saturated carbocycles. The minimum atomic E-state index is -0.804. The molecule has 0 fully saturated rings. The van der Waals surface area contributed by atoms with Gasteiger partial charge in [-0.25, -0.2) is 8.78 Å². The fourth-order valence-corrected chi connectivity index (χ4v) is 1.86. The summed E-state index contributed by atoms with van der Waals surface area (Å²) in [6.07, 6.45) is 3.78. The van der Waals surface area contributed by atoms with Crippen LogP contribution in [0.5, 0.6) is 0 Å². The van der Waals surface area contributed by atoms with Crippen LogP contribution < -0.4 is 5.73 Å². The summed E-state index contributed by atoms with van der Waals surface area (Å²) >= 11 is 0. The first-order chi connectivity index (χ1) is 7.99. The zero-order valence-corrected chi connectivity index (χ0v) is 10.5. The molecular weight excluding hydrogens is 220 g/mol. The zero-order chi connectivity index (χ0) is 12.8. The Kier molecular flexibility index (Phi) is 5.56. The molecule has 0 aromatic heterocycles. The van der Waals surface area contributed by atoms with Crippen LogP contribution in [-0.4, -0.2) is 6.04 Å². The largest absolute Gasteiger partial charge is 0.327 e. The molecule has 3 heteroatoms. The van der Waals surface area contributed by atoms with E-state index in [2.05, 4.69) is 13.8 Å². The average molecular weight is 241 g/mol. The van der Waals surface area contributed by atoms with Crippen molar-refractivity contribution in [3.63, 3.8) is 0 Å². The van der Waals surface area contributed by atoms with Crippen LogP contribution in [0.4, 0.5) is 8.78 Å². The van der Waals surface area contributed by atoms with Crippen LogP contribution in [0.3, 0.4) is 0 Å². The quantitative estimate of drug-likeness (QED) is 0.808. The fraction of sp³-hybridized carbons (Fsp3) is 0.571. The maximum Gasteiger partial charge on any atom is 0.159 e. The van der Waals surface area contributed by atoms with Crippen LogP contribution in [0.1, 0.15) is 38.7 Å². The lowest BCUT2D eigenvalue weighted by Gasteiger charge is -2.12. The summed E-state index contributed by atoms with van der Waals surface area (Å²) in [5.41, 5.74) is 6.73. The van der Waals surface area contributed by atoms with Gasteiger partial charge in [-0.15, -0.1) is 0 Å². The van der Waals surface area contributed by atoms with Crippen molar-refractivity contribution in [2.75, 3.05) is 0 Å². The lowest BCUT2D eigenvalue weighted by atomic mass is 9.99. The molecule has 0 aliphatic carbocycles. The summed E-state index contributed by atoms with van der Waals surface area (Å²) in [7, 11) is 0. The van der Waals surface area contributed by atoms with E-state index >= 15 is 0 Å². The van der Waals surface area contributed by atoms with Gasteiger partial charge in [0.2, 0.25) is 0 Å². The maximum atomic E-state index is 13.0. The first-order valence-corrected chi connectivity index (χ1v) is 6.18. The summed E-state index contributed by atoms with van der Waals surface area (Å²) < 4.78 is 25.7. The Bertz CT molecular complexity index is 350. The molecule has 96 valence electrons. The van der Waals surface area contributed by atoms with E-state index in [9.17, 15) is 8.78 Å². The van der Waals surface area contributed by atoms with Gasteiger partial charge < -0.3 is 5.73 Å². The minimum Gasteiger partial charge on any atom is -0.327 e. The fourth-order valence-electron chi connectivity index (χ4n) is 1.86. The molecule has 0 aliphatic heterocycles. The number of halogens is 2. The first-order valence-electron chi connectivity index (χ1n) is 6.18. The van der Waals surface area contributed by atoms with Crippen molar-refractivity contribution >= 4 is 0 Å². The third-order valence-electron chi connectivity index (χ3n) is 2.84. The van der Waals surface area contributed by atoms with Crippen LogP contribution in [0.15, 0.2) is 18.2 Å². The Hall–Kier alpha value is -0.960. The molecule has 1 aromatic rings. The number of rotatable bonds is 6. The summed E-state index contributed by atoms with van der Waals surface area (Å²) in [5, 5.41) is 0. The van der Waals surface area contributed by atoms with Gasteiger partial charge in [0.05, 0.1) is 0 Å². The predicted octanol–water partition coefficient (Wildman–Crippen LogP) is 3.66. The summed E-state index contributed by atoms with van der Waals surface area (Å²) in [4.78, 5) is 0. The molecule has 1 unspecified atom stereocenters. The van der Waals surface area contributed by atoms with Crippen LogP contribution >= 0.6 is 0 Å². The molecule has 1 atom stereocenters. The van der Waals surface area contributed by atoms with E-state index < -0.39 is 11.6 Å². The van der Waals surface area contributed by atoms with Crippen LogP contribution in [0.25, 0.3) is 0 Å². The van der Waals surface area contributed by atoms with Gasteiger partial charge in [0.15, 0.2) is 11.6 Å². The van der Waals surface area contributed by atoms with Crippen LogP contribution in [-0.2, 0) is 6.42 Å². The molecule has 1 nitrogen and oxygen atoms in total. The van der Waals surface area contributed by atoms with E-state index in [-0.39, 0.29) is 6.04 Å². The highest BCUT2D eigenvalue weighted by Crippen LogP contribution is 2.13. The molecule has 0 heterocycles. The second-order valence-corrected chi connectivity index (χ2v) is 5.04. The third-order valence-corrected chi connectivity index (χ3v) is 2.84. The van der Waals surface area contributed by atoms with E-state index in [0.29, 0.717) is 12.3 Å².